The third-order valence-corrected chi connectivity index (χ3v) is 6.08. The molecule has 0 spiro atoms. The number of nitro groups is 1. The summed E-state index contributed by atoms with van der Waals surface area (Å²) in [5.41, 5.74) is 1.88. The summed E-state index contributed by atoms with van der Waals surface area (Å²) in [4.78, 5) is 31.9. The first-order valence-electron chi connectivity index (χ1n) is 10.3. The number of para-hydroxylation sites is 2. The molecule has 9 nitrogen and oxygen atoms in total. The Kier molecular flexibility index (Phi) is 6.80. The summed E-state index contributed by atoms with van der Waals surface area (Å²) in [6, 6.07) is 20.5. The first-order chi connectivity index (χ1) is 16.9. The van der Waals surface area contributed by atoms with Crippen LogP contribution in [0.25, 0.3) is 16.6 Å². The molecule has 0 unspecified atom stereocenters. The van der Waals surface area contributed by atoms with Crippen LogP contribution in [-0.2, 0) is 4.74 Å². The van der Waals surface area contributed by atoms with Gasteiger partial charge in [0.05, 0.1) is 26.4 Å². The molecule has 1 aromatic heterocycles. The van der Waals surface area contributed by atoms with Gasteiger partial charge in [0.2, 0.25) is 0 Å². The van der Waals surface area contributed by atoms with Gasteiger partial charge in [0.25, 0.3) is 5.69 Å². The molecule has 10 heteroatoms. The SMILES string of the molecule is Cc1ccc(Sc2ccc(C(=O)OCC(O)=C(C#N)c3nc4ccccc4[nH]3)cc2[N+](=O)[O-])cc1. The number of esters is 1. The average molecular weight is 487 g/mol. The lowest BCUT2D eigenvalue weighted by Crippen LogP contribution is -2.10. The van der Waals surface area contributed by atoms with Crippen LogP contribution in [0.15, 0.2) is 82.3 Å². The fourth-order valence-electron chi connectivity index (χ4n) is 3.22. The number of fused-ring (bicyclic) bond motifs is 1. The second-order valence-electron chi connectivity index (χ2n) is 7.47. The Labute approximate surface area is 203 Å². The van der Waals surface area contributed by atoms with Crippen LogP contribution in [0.2, 0.25) is 0 Å². The van der Waals surface area contributed by atoms with Crippen LogP contribution in [0.3, 0.4) is 0 Å². The molecule has 4 rings (SSSR count). The lowest BCUT2D eigenvalue weighted by molar-refractivity contribution is -0.387. The maximum atomic E-state index is 12.5. The van der Waals surface area contributed by atoms with Crippen molar-refractivity contribution in [1.82, 2.24) is 9.97 Å². The van der Waals surface area contributed by atoms with E-state index in [1.54, 1.807) is 24.3 Å². The maximum absolute atomic E-state index is 12.5. The number of aliphatic hydroxyl groups is 1. The van der Waals surface area contributed by atoms with Crippen LogP contribution in [0.5, 0.6) is 0 Å². The largest absolute Gasteiger partial charge is 0.507 e. The smallest absolute Gasteiger partial charge is 0.338 e. The second kappa shape index (κ2) is 10.1. The topological polar surface area (TPSA) is 142 Å². The Morgan fingerprint density at radius 2 is 1.94 bits per heavy atom. The number of nitrogens with one attached hydrogen (secondary N) is 1. The van der Waals surface area contributed by atoms with Gasteiger partial charge in [-0.05, 0) is 43.3 Å². The molecular weight excluding hydrogens is 468 g/mol. The molecule has 2 N–H and O–H groups in total. The number of carbonyl (C=O) groups is 1. The highest BCUT2D eigenvalue weighted by Gasteiger charge is 2.20. The maximum Gasteiger partial charge on any atom is 0.338 e. The molecule has 0 radical (unpaired) electrons. The van der Waals surface area contributed by atoms with Crippen molar-refractivity contribution in [3.05, 3.63) is 99.6 Å². The molecule has 0 atom stereocenters. The number of aryl methyl sites for hydroxylation is 1. The number of aliphatic hydroxyl groups excluding tert-OH is 1. The van der Waals surface area contributed by atoms with Crippen LogP contribution in [0.4, 0.5) is 5.69 Å². The van der Waals surface area contributed by atoms with Gasteiger partial charge in [0.1, 0.15) is 18.2 Å². The molecular formula is C25H18N4O5S. The van der Waals surface area contributed by atoms with Crippen LogP contribution in [0, 0.1) is 28.4 Å². The monoisotopic (exact) mass is 486 g/mol. The molecule has 0 saturated carbocycles. The summed E-state index contributed by atoms with van der Waals surface area (Å²) in [5, 5.41) is 31.5. The number of aromatic nitrogens is 2. The predicted molar refractivity (Wildman–Crippen MR) is 130 cm³/mol. The lowest BCUT2D eigenvalue weighted by atomic mass is 10.2. The zero-order valence-corrected chi connectivity index (χ0v) is 19.2. The van der Waals surface area contributed by atoms with E-state index in [9.17, 15) is 25.3 Å². The van der Waals surface area contributed by atoms with Crippen molar-refractivity contribution in [3.63, 3.8) is 0 Å². The normalized spacial score (nSPS) is 11.5. The number of nitro benzene ring substituents is 1. The number of hydrogen-bond donors (Lipinski definition) is 2. The van der Waals surface area contributed by atoms with E-state index in [2.05, 4.69) is 9.97 Å². The molecule has 3 aromatic carbocycles. The number of carbonyl (C=O) groups excluding carboxylic acids is 1. The predicted octanol–water partition coefficient (Wildman–Crippen LogP) is 5.58. The first kappa shape index (κ1) is 23.5. The van der Waals surface area contributed by atoms with E-state index in [0.717, 1.165) is 16.5 Å². The Morgan fingerprint density at radius 3 is 2.63 bits per heavy atom. The van der Waals surface area contributed by atoms with Gasteiger partial charge in [-0.25, -0.2) is 9.78 Å². The molecule has 1 heterocycles. The van der Waals surface area contributed by atoms with Gasteiger partial charge >= 0.3 is 5.97 Å². The van der Waals surface area contributed by atoms with E-state index in [1.165, 1.54) is 23.9 Å². The van der Waals surface area contributed by atoms with Gasteiger partial charge in [-0.3, -0.25) is 10.1 Å². The van der Waals surface area contributed by atoms with E-state index < -0.39 is 23.3 Å². The van der Waals surface area contributed by atoms with Gasteiger partial charge in [-0.15, -0.1) is 0 Å². The highest BCUT2D eigenvalue weighted by atomic mass is 32.2. The van der Waals surface area contributed by atoms with Gasteiger partial charge in [0.15, 0.2) is 11.6 Å². The molecule has 0 aliphatic carbocycles. The van der Waals surface area contributed by atoms with Gasteiger partial charge in [0, 0.05) is 11.0 Å². The summed E-state index contributed by atoms with van der Waals surface area (Å²) < 4.78 is 5.11. The number of nitrogens with zero attached hydrogens (tertiary/aromatic N) is 3. The van der Waals surface area contributed by atoms with E-state index in [-0.39, 0.29) is 22.6 Å². The average Bonchev–Trinajstić information content (AvgIpc) is 3.28. The number of aromatic amines is 1. The van der Waals surface area contributed by atoms with Crippen LogP contribution in [0.1, 0.15) is 21.7 Å². The fourth-order valence-corrected chi connectivity index (χ4v) is 4.12. The number of allylic oxidation sites excluding steroid dienone is 1. The number of ether oxygens (including phenoxy) is 1. The molecule has 0 aliphatic heterocycles. The molecule has 0 bridgehead atoms. The zero-order chi connectivity index (χ0) is 24.9. The third kappa shape index (κ3) is 5.31. The van der Waals surface area contributed by atoms with E-state index in [4.69, 9.17) is 4.74 Å². The first-order valence-corrected chi connectivity index (χ1v) is 11.1. The minimum atomic E-state index is -0.881. The number of hydrogen-bond acceptors (Lipinski definition) is 8. The molecule has 35 heavy (non-hydrogen) atoms. The lowest BCUT2D eigenvalue weighted by Gasteiger charge is -2.08. The third-order valence-electron chi connectivity index (χ3n) is 5.01. The molecule has 0 amide bonds. The van der Waals surface area contributed by atoms with E-state index >= 15 is 0 Å². The number of imidazole rings is 1. The highest BCUT2D eigenvalue weighted by molar-refractivity contribution is 7.99. The highest BCUT2D eigenvalue weighted by Crippen LogP contribution is 2.35. The summed E-state index contributed by atoms with van der Waals surface area (Å²) in [5.74, 6) is -1.25. The standard InChI is InChI=1S/C25H18N4O5S/c1-15-6-9-17(10-7-15)35-23-11-8-16(12-21(23)29(32)33)25(31)34-14-22(30)18(13-26)24-27-19-4-2-3-5-20(19)28-24/h2-12,30H,14H2,1H3,(H,27,28). The number of H-pyrrole nitrogens is 1. The van der Waals surface area contributed by atoms with Crippen LogP contribution in [-0.4, -0.2) is 32.6 Å². The Bertz CT molecular complexity index is 1470. The van der Waals surface area contributed by atoms with Crippen molar-refractivity contribution in [3.8, 4) is 6.07 Å². The van der Waals surface area contributed by atoms with Crippen molar-refractivity contribution in [2.24, 2.45) is 0 Å². The molecule has 0 aliphatic rings. The van der Waals surface area contributed by atoms with Crippen molar-refractivity contribution in [2.45, 2.75) is 16.7 Å². The fraction of sp³-hybridized carbons (Fsp3) is 0.0800. The Hall–Kier alpha value is -4.62. The molecule has 0 fully saturated rings. The number of benzene rings is 3. The van der Waals surface area contributed by atoms with E-state index in [1.807, 2.05) is 37.3 Å². The Balaban J connectivity index is 1.51. The molecule has 174 valence electrons. The van der Waals surface area contributed by atoms with Crippen molar-refractivity contribution in [1.29, 1.82) is 5.26 Å². The van der Waals surface area contributed by atoms with Crippen molar-refractivity contribution >= 4 is 40.0 Å². The quantitative estimate of drug-likeness (QED) is 0.113. The number of rotatable bonds is 7. The van der Waals surface area contributed by atoms with Gasteiger partial charge < -0.3 is 14.8 Å². The molecule has 4 aromatic rings. The summed E-state index contributed by atoms with van der Waals surface area (Å²) >= 11 is 1.21. The van der Waals surface area contributed by atoms with Crippen LogP contribution >= 0.6 is 11.8 Å². The summed E-state index contributed by atoms with van der Waals surface area (Å²) in [6.07, 6.45) is 0. The van der Waals surface area contributed by atoms with Gasteiger partial charge in [-0.1, -0.05) is 41.6 Å². The Morgan fingerprint density at radius 1 is 1.20 bits per heavy atom. The van der Waals surface area contributed by atoms with Crippen LogP contribution < -0.4 is 0 Å². The second-order valence-corrected chi connectivity index (χ2v) is 8.58. The van der Waals surface area contributed by atoms with Crippen molar-refractivity contribution in [2.75, 3.05) is 6.61 Å². The van der Waals surface area contributed by atoms with Gasteiger partial charge in [-0.2, -0.15) is 5.26 Å². The zero-order valence-electron chi connectivity index (χ0n) is 18.4. The van der Waals surface area contributed by atoms with E-state index in [0.29, 0.717) is 15.9 Å². The summed E-state index contributed by atoms with van der Waals surface area (Å²) in [7, 11) is 0. The minimum Gasteiger partial charge on any atom is -0.507 e. The molecule has 0 saturated heterocycles. The minimum absolute atomic E-state index is 0.0556. The van der Waals surface area contributed by atoms with Crippen molar-refractivity contribution < 1.29 is 19.6 Å². The number of nitriles is 1. The summed E-state index contributed by atoms with van der Waals surface area (Å²) in [6.45, 7) is 1.34.